The fraction of sp³-hybridized carbons (Fsp3) is 0.476. The molecule has 1 heterocycles. The van der Waals surface area contributed by atoms with Crippen LogP contribution < -0.4 is 16.0 Å². The maximum Gasteiger partial charge on any atom is 0.249 e. The number of hydrogen-bond acceptors (Lipinski definition) is 5. The van der Waals surface area contributed by atoms with E-state index in [1.54, 1.807) is 0 Å². The zero-order chi connectivity index (χ0) is 21.1. The summed E-state index contributed by atoms with van der Waals surface area (Å²) in [6.45, 7) is 1.86. The molecule has 1 amide bonds. The molecule has 0 saturated heterocycles. The average molecular weight is 403 g/mol. The molecule has 2 aromatic rings. The normalized spacial score (nSPS) is 19.1. The minimum Gasteiger partial charge on any atom is -0.367 e. The molecule has 8 heteroatoms. The third-order valence-electron chi connectivity index (χ3n) is 5.40. The van der Waals surface area contributed by atoms with Crippen LogP contribution in [0.25, 0.3) is 0 Å². The third kappa shape index (κ3) is 5.19. The van der Waals surface area contributed by atoms with Crippen molar-refractivity contribution in [3.05, 3.63) is 46.8 Å². The smallest absolute Gasteiger partial charge is 0.249 e. The zero-order valence-corrected chi connectivity index (χ0v) is 17.0. The van der Waals surface area contributed by atoms with Crippen LogP contribution in [-0.4, -0.2) is 36.0 Å². The summed E-state index contributed by atoms with van der Waals surface area (Å²) in [7, 11) is 3.87. The number of amides is 1. The lowest BCUT2D eigenvalue weighted by Crippen LogP contribution is -2.28. The van der Waals surface area contributed by atoms with Gasteiger partial charge in [0.2, 0.25) is 5.91 Å². The number of nitrogens with one attached hydrogen (secondary N) is 1. The van der Waals surface area contributed by atoms with Crippen LogP contribution >= 0.6 is 0 Å². The van der Waals surface area contributed by atoms with Crippen molar-refractivity contribution in [1.82, 2.24) is 9.97 Å². The van der Waals surface area contributed by atoms with Crippen molar-refractivity contribution in [1.29, 1.82) is 0 Å². The lowest BCUT2D eigenvalue weighted by atomic mass is 9.81. The fourth-order valence-electron chi connectivity index (χ4n) is 3.89. The molecule has 1 aromatic heterocycles. The second-order valence-corrected chi connectivity index (χ2v) is 7.90. The molecular weight excluding hydrogens is 376 g/mol. The number of carbonyl (C=O) groups is 1. The molecule has 3 rings (SSSR count). The van der Waals surface area contributed by atoms with E-state index in [-0.39, 0.29) is 23.1 Å². The van der Waals surface area contributed by atoms with Crippen molar-refractivity contribution in [3.63, 3.8) is 0 Å². The van der Waals surface area contributed by atoms with Crippen molar-refractivity contribution < 1.29 is 13.6 Å². The van der Waals surface area contributed by atoms with Crippen molar-refractivity contribution in [2.75, 3.05) is 24.3 Å². The van der Waals surface area contributed by atoms with Crippen LogP contribution in [-0.2, 0) is 6.42 Å². The molecule has 0 spiro atoms. The molecule has 1 fully saturated rings. The maximum absolute atomic E-state index is 14.3. The van der Waals surface area contributed by atoms with Gasteiger partial charge < -0.3 is 16.0 Å². The summed E-state index contributed by atoms with van der Waals surface area (Å²) in [5, 5.41) is 3.47. The Labute approximate surface area is 169 Å². The first-order valence-corrected chi connectivity index (χ1v) is 9.80. The van der Waals surface area contributed by atoms with Crippen LogP contribution in [0.2, 0.25) is 0 Å². The van der Waals surface area contributed by atoms with E-state index < -0.39 is 17.5 Å². The average Bonchev–Trinajstić information content (AvgIpc) is 2.64. The van der Waals surface area contributed by atoms with Gasteiger partial charge in [-0.1, -0.05) is 0 Å². The number of nitrogens with two attached hydrogens (primary N) is 1. The highest BCUT2D eigenvalue weighted by atomic mass is 19.1. The number of rotatable bonds is 6. The Balaban J connectivity index is 1.63. The predicted molar refractivity (Wildman–Crippen MR) is 109 cm³/mol. The van der Waals surface area contributed by atoms with E-state index >= 15 is 0 Å². The standard InChI is InChI=1S/C21H27F2N5O/c1-12-25-19(11-20(26-12)28(2)3)27-15-6-4-13(5-7-15)8-16-17(21(24)29)9-14(22)10-18(16)23/h9-11,13,15H,4-8H2,1-3H3,(H2,24,29)(H,25,26,27). The van der Waals surface area contributed by atoms with Crippen molar-refractivity contribution in [2.45, 2.75) is 45.1 Å². The van der Waals surface area contributed by atoms with Gasteiger partial charge in [0.1, 0.15) is 29.1 Å². The van der Waals surface area contributed by atoms with E-state index in [0.717, 1.165) is 49.5 Å². The molecule has 0 bridgehead atoms. The molecule has 0 aliphatic heterocycles. The van der Waals surface area contributed by atoms with Crippen molar-refractivity contribution in [3.8, 4) is 0 Å². The SMILES string of the molecule is Cc1nc(NC2CCC(Cc3c(F)cc(F)cc3C(N)=O)CC2)cc(N(C)C)n1. The van der Waals surface area contributed by atoms with Crippen molar-refractivity contribution in [2.24, 2.45) is 11.7 Å². The summed E-state index contributed by atoms with van der Waals surface area (Å²) >= 11 is 0. The lowest BCUT2D eigenvalue weighted by molar-refractivity contribution is 0.0998. The number of aromatic nitrogens is 2. The number of nitrogens with zero attached hydrogens (tertiary/aromatic N) is 3. The predicted octanol–water partition coefficient (Wildman–Crippen LogP) is 3.44. The van der Waals surface area contributed by atoms with Crippen LogP contribution in [0.1, 0.15) is 47.4 Å². The van der Waals surface area contributed by atoms with Gasteiger partial charge in [0.05, 0.1) is 0 Å². The second-order valence-electron chi connectivity index (χ2n) is 7.90. The Kier molecular flexibility index (Phi) is 6.30. The molecule has 1 aliphatic rings. The van der Waals surface area contributed by atoms with E-state index in [1.807, 2.05) is 32.0 Å². The van der Waals surface area contributed by atoms with Gasteiger partial charge in [0.15, 0.2) is 0 Å². The minimum atomic E-state index is -0.801. The minimum absolute atomic E-state index is 0.0598. The third-order valence-corrected chi connectivity index (χ3v) is 5.40. The number of primary amides is 1. The van der Waals surface area contributed by atoms with Gasteiger partial charge in [0, 0.05) is 43.4 Å². The second kappa shape index (κ2) is 8.71. The molecule has 0 radical (unpaired) electrons. The van der Waals surface area contributed by atoms with E-state index in [9.17, 15) is 13.6 Å². The number of aryl methyl sites for hydroxylation is 1. The van der Waals surface area contributed by atoms with Gasteiger partial charge in [-0.15, -0.1) is 0 Å². The van der Waals surface area contributed by atoms with Crippen molar-refractivity contribution >= 4 is 17.5 Å². The number of hydrogen-bond donors (Lipinski definition) is 2. The molecule has 3 N–H and O–H groups in total. The van der Waals surface area contributed by atoms with Gasteiger partial charge in [-0.3, -0.25) is 4.79 Å². The molecule has 0 atom stereocenters. The first-order chi connectivity index (χ1) is 13.7. The van der Waals surface area contributed by atoms with Crippen LogP contribution in [0.15, 0.2) is 18.2 Å². The Hall–Kier alpha value is -2.77. The summed E-state index contributed by atoms with van der Waals surface area (Å²) in [5.41, 5.74) is 5.47. The zero-order valence-electron chi connectivity index (χ0n) is 17.0. The number of carbonyl (C=O) groups excluding carboxylic acids is 1. The molecular formula is C21H27F2N5O. The molecule has 0 unspecified atom stereocenters. The summed E-state index contributed by atoms with van der Waals surface area (Å²) < 4.78 is 27.7. The summed E-state index contributed by atoms with van der Waals surface area (Å²) in [5.74, 6) is 0.278. The quantitative estimate of drug-likeness (QED) is 0.772. The van der Waals surface area contributed by atoms with E-state index in [0.29, 0.717) is 12.2 Å². The van der Waals surface area contributed by atoms with Crippen LogP contribution in [0.5, 0.6) is 0 Å². The largest absolute Gasteiger partial charge is 0.367 e. The lowest BCUT2D eigenvalue weighted by Gasteiger charge is -2.30. The van der Waals surface area contributed by atoms with E-state index in [2.05, 4.69) is 15.3 Å². The fourth-order valence-corrected chi connectivity index (χ4v) is 3.89. The summed E-state index contributed by atoms with van der Waals surface area (Å²) in [6.07, 6.45) is 3.93. The van der Waals surface area contributed by atoms with E-state index in [1.165, 1.54) is 0 Å². The van der Waals surface area contributed by atoms with Gasteiger partial charge in [-0.25, -0.2) is 18.7 Å². The molecule has 1 aliphatic carbocycles. The highest BCUT2D eigenvalue weighted by molar-refractivity contribution is 5.94. The molecule has 6 nitrogen and oxygen atoms in total. The van der Waals surface area contributed by atoms with Gasteiger partial charge in [-0.2, -0.15) is 0 Å². The summed E-state index contributed by atoms with van der Waals surface area (Å²) in [4.78, 5) is 22.4. The Morgan fingerprint density at radius 2 is 1.86 bits per heavy atom. The van der Waals surface area contributed by atoms with Gasteiger partial charge in [-0.05, 0) is 51.0 Å². The molecule has 1 aromatic carbocycles. The van der Waals surface area contributed by atoms with Gasteiger partial charge in [0.25, 0.3) is 0 Å². The first-order valence-electron chi connectivity index (χ1n) is 9.80. The highest BCUT2D eigenvalue weighted by Crippen LogP contribution is 2.31. The monoisotopic (exact) mass is 403 g/mol. The number of halogens is 2. The number of benzene rings is 1. The molecule has 1 saturated carbocycles. The first kappa shape index (κ1) is 21.0. The van der Waals surface area contributed by atoms with Gasteiger partial charge >= 0.3 is 0 Å². The van der Waals surface area contributed by atoms with E-state index in [4.69, 9.17) is 5.73 Å². The van der Waals surface area contributed by atoms with Crippen LogP contribution in [0, 0.1) is 24.5 Å². The topological polar surface area (TPSA) is 84.1 Å². The molecule has 156 valence electrons. The Morgan fingerprint density at radius 3 is 2.48 bits per heavy atom. The van der Waals surface area contributed by atoms with Crippen LogP contribution in [0.4, 0.5) is 20.4 Å². The Morgan fingerprint density at radius 1 is 1.17 bits per heavy atom. The Bertz CT molecular complexity index is 895. The highest BCUT2D eigenvalue weighted by Gasteiger charge is 2.25. The molecule has 29 heavy (non-hydrogen) atoms. The summed E-state index contributed by atoms with van der Waals surface area (Å²) in [6, 6.07) is 4.03. The maximum atomic E-state index is 14.3. The number of anilines is 2. The van der Waals surface area contributed by atoms with Crippen LogP contribution in [0.3, 0.4) is 0 Å².